The average molecular weight is 228 g/mol. The maximum Gasteiger partial charge on any atom is 0.222 e. The lowest BCUT2D eigenvalue weighted by molar-refractivity contribution is -0.131. The van der Waals surface area contributed by atoms with Gasteiger partial charge in [-0.25, -0.2) is 0 Å². The Labute approximate surface area is 101 Å². The van der Waals surface area contributed by atoms with E-state index in [0.29, 0.717) is 12.3 Å². The van der Waals surface area contributed by atoms with Gasteiger partial charge < -0.3 is 10.2 Å². The van der Waals surface area contributed by atoms with Crippen molar-refractivity contribution in [1.29, 1.82) is 0 Å². The second-order valence-corrected chi connectivity index (χ2v) is 4.30. The van der Waals surface area contributed by atoms with Crippen LogP contribution in [-0.2, 0) is 4.79 Å². The smallest absolute Gasteiger partial charge is 0.222 e. The minimum atomic E-state index is 0.334. The molecule has 0 spiro atoms. The Kier molecular flexibility index (Phi) is 10.5. The van der Waals surface area contributed by atoms with Crippen LogP contribution in [0.3, 0.4) is 0 Å². The SMILES string of the molecule is CCCCN(CCCCNC)C(=O)CCC. The molecule has 0 radical (unpaired) electrons. The van der Waals surface area contributed by atoms with Gasteiger partial charge in [-0.05, 0) is 39.3 Å². The zero-order valence-electron chi connectivity index (χ0n) is 11.2. The number of hydrogen-bond donors (Lipinski definition) is 1. The summed E-state index contributed by atoms with van der Waals surface area (Å²) < 4.78 is 0. The van der Waals surface area contributed by atoms with E-state index in [0.717, 1.165) is 51.7 Å². The Balaban J connectivity index is 3.84. The molecule has 0 fully saturated rings. The Morgan fingerprint density at radius 3 is 2.31 bits per heavy atom. The van der Waals surface area contributed by atoms with Crippen LogP contribution < -0.4 is 5.32 Å². The zero-order chi connectivity index (χ0) is 12.2. The Bertz CT molecular complexity index is 171. The first kappa shape index (κ1) is 15.4. The van der Waals surface area contributed by atoms with Crippen LogP contribution in [0.1, 0.15) is 52.4 Å². The van der Waals surface area contributed by atoms with E-state index < -0.39 is 0 Å². The lowest BCUT2D eigenvalue weighted by atomic mass is 10.2. The van der Waals surface area contributed by atoms with Crippen LogP contribution in [0.2, 0.25) is 0 Å². The van der Waals surface area contributed by atoms with Gasteiger partial charge in [0.1, 0.15) is 0 Å². The molecule has 0 bridgehead atoms. The van der Waals surface area contributed by atoms with Gasteiger partial charge in [0, 0.05) is 19.5 Å². The molecule has 96 valence electrons. The van der Waals surface area contributed by atoms with Gasteiger partial charge >= 0.3 is 0 Å². The monoisotopic (exact) mass is 228 g/mol. The van der Waals surface area contributed by atoms with Crippen LogP contribution in [0.25, 0.3) is 0 Å². The van der Waals surface area contributed by atoms with Crippen molar-refractivity contribution in [2.24, 2.45) is 0 Å². The van der Waals surface area contributed by atoms with E-state index >= 15 is 0 Å². The molecule has 0 rings (SSSR count). The van der Waals surface area contributed by atoms with Gasteiger partial charge in [-0.3, -0.25) is 4.79 Å². The van der Waals surface area contributed by atoms with Gasteiger partial charge in [0.2, 0.25) is 5.91 Å². The van der Waals surface area contributed by atoms with Gasteiger partial charge in [-0.2, -0.15) is 0 Å². The van der Waals surface area contributed by atoms with Crippen LogP contribution in [0, 0.1) is 0 Å². The van der Waals surface area contributed by atoms with Crippen molar-refractivity contribution in [3.05, 3.63) is 0 Å². The van der Waals surface area contributed by atoms with Crippen molar-refractivity contribution in [2.75, 3.05) is 26.7 Å². The molecule has 16 heavy (non-hydrogen) atoms. The summed E-state index contributed by atoms with van der Waals surface area (Å²) in [7, 11) is 1.97. The van der Waals surface area contributed by atoms with Gasteiger partial charge in [-0.1, -0.05) is 20.3 Å². The van der Waals surface area contributed by atoms with Gasteiger partial charge in [0.15, 0.2) is 0 Å². The third kappa shape index (κ3) is 7.69. The number of rotatable bonds is 10. The van der Waals surface area contributed by atoms with Crippen molar-refractivity contribution in [3.63, 3.8) is 0 Å². The summed E-state index contributed by atoms with van der Waals surface area (Å²) in [5, 5.41) is 3.14. The fraction of sp³-hybridized carbons (Fsp3) is 0.923. The quantitative estimate of drug-likeness (QED) is 0.582. The highest BCUT2D eigenvalue weighted by Crippen LogP contribution is 2.03. The maximum absolute atomic E-state index is 11.8. The predicted octanol–water partition coefficient (Wildman–Crippen LogP) is 2.41. The maximum atomic E-state index is 11.8. The fourth-order valence-electron chi connectivity index (χ4n) is 1.69. The summed E-state index contributed by atoms with van der Waals surface area (Å²) >= 11 is 0. The van der Waals surface area contributed by atoms with E-state index in [1.165, 1.54) is 0 Å². The largest absolute Gasteiger partial charge is 0.343 e. The summed E-state index contributed by atoms with van der Waals surface area (Å²) in [6, 6.07) is 0. The Morgan fingerprint density at radius 2 is 1.75 bits per heavy atom. The number of unbranched alkanes of at least 4 members (excludes halogenated alkanes) is 2. The second-order valence-electron chi connectivity index (χ2n) is 4.30. The highest BCUT2D eigenvalue weighted by molar-refractivity contribution is 5.76. The molecule has 0 saturated heterocycles. The molecule has 0 aromatic carbocycles. The lowest BCUT2D eigenvalue weighted by Crippen LogP contribution is -2.33. The summed E-state index contributed by atoms with van der Waals surface area (Å²) in [4.78, 5) is 13.9. The van der Waals surface area contributed by atoms with E-state index in [-0.39, 0.29) is 0 Å². The molecule has 0 aliphatic heterocycles. The van der Waals surface area contributed by atoms with E-state index in [2.05, 4.69) is 19.2 Å². The molecule has 3 heteroatoms. The minimum Gasteiger partial charge on any atom is -0.343 e. The molecule has 1 amide bonds. The summed E-state index contributed by atoms with van der Waals surface area (Å²) in [6.45, 7) is 7.15. The van der Waals surface area contributed by atoms with E-state index in [1.54, 1.807) is 0 Å². The molecule has 0 aromatic heterocycles. The van der Waals surface area contributed by atoms with Gasteiger partial charge in [-0.15, -0.1) is 0 Å². The number of carbonyl (C=O) groups excluding carboxylic acids is 1. The Hall–Kier alpha value is -0.570. The van der Waals surface area contributed by atoms with E-state index in [1.807, 2.05) is 11.9 Å². The molecular formula is C13H28N2O. The topological polar surface area (TPSA) is 32.3 Å². The van der Waals surface area contributed by atoms with Crippen molar-refractivity contribution < 1.29 is 4.79 Å². The molecule has 0 aliphatic carbocycles. The average Bonchev–Trinajstić information content (AvgIpc) is 2.28. The van der Waals surface area contributed by atoms with E-state index in [4.69, 9.17) is 0 Å². The first-order valence-electron chi connectivity index (χ1n) is 6.68. The number of amides is 1. The van der Waals surface area contributed by atoms with Crippen LogP contribution >= 0.6 is 0 Å². The summed E-state index contributed by atoms with van der Waals surface area (Å²) in [6.07, 6.45) is 6.21. The van der Waals surface area contributed by atoms with Crippen LogP contribution in [0.15, 0.2) is 0 Å². The van der Waals surface area contributed by atoms with Gasteiger partial charge in [0.05, 0.1) is 0 Å². The molecule has 0 unspecified atom stereocenters. The zero-order valence-corrected chi connectivity index (χ0v) is 11.2. The second kappa shape index (κ2) is 10.9. The van der Waals surface area contributed by atoms with Crippen molar-refractivity contribution in [2.45, 2.75) is 52.4 Å². The summed E-state index contributed by atoms with van der Waals surface area (Å²) in [5.74, 6) is 0.334. The van der Waals surface area contributed by atoms with E-state index in [9.17, 15) is 4.79 Å². The first-order chi connectivity index (χ1) is 7.76. The third-order valence-corrected chi connectivity index (χ3v) is 2.70. The minimum absolute atomic E-state index is 0.334. The van der Waals surface area contributed by atoms with Crippen LogP contribution in [-0.4, -0.2) is 37.5 Å². The normalized spacial score (nSPS) is 10.4. The first-order valence-corrected chi connectivity index (χ1v) is 6.68. The lowest BCUT2D eigenvalue weighted by Gasteiger charge is -2.22. The molecule has 3 nitrogen and oxygen atoms in total. The molecule has 1 N–H and O–H groups in total. The molecule has 0 aromatic rings. The summed E-state index contributed by atoms with van der Waals surface area (Å²) in [5.41, 5.74) is 0. The van der Waals surface area contributed by atoms with Crippen molar-refractivity contribution in [1.82, 2.24) is 10.2 Å². The van der Waals surface area contributed by atoms with Gasteiger partial charge in [0.25, 0.3) is 0 Å². The molecule has 0 atom stereocenters. The number of nitrogens with one attached hydrogen (secondary N) is 1. The fourth-order valence-corrected chi connectivity index (χ4v) is 1.69. The standard InChI is InChI=1S/C13H28N2O/c1-4-6-11-15(13(16)9-5-2)12-8-7-10-14-3/h14H,4-12H2,1-3H3. The van der Waals surface area contributed by atoms with Crippen LogP contribution in [0.4, 0.5) is 0 Å². The highest BCUT2D eigenvalue weighted by Gasteiger charge is 2.10. The number of hydrogen-bond acceptors (Lipinski definition) is 2. The molecule has 0 aliphatic rings. The molecular weight excluding hydrogens is 200 g/mol. The van der Waals surface area contributed by atoms with Crippen molar-refractivity contribution >= 4 is 5.91 Å². The molecule has 0 saturated carbocycles. The Morgan fingerprint density at radius 1 is 1.06 bits per heavy atom. The third-order valence-electron chi connectivity index (χ3n) is 2.70. The highest BCUT2D eigenvalue weighted by atomic mass is 16.2. The predicted molar refractivity (Wildman–Crippen MR) is 69.6 cm³/mol. The molecule has 0 heterocycles. The number of carbonyl (C=O) groups is 1. The van der Waals surface area contributed by atoms with Crippen molar-refractivity contribution in [3.8, 4) is 0 Å². The van der Waals surface area contributed by atoms with Crippen LogP contribution in [0.5, 0.6) is 0 Å². The number of nitrogens with zero attached hydrogens (tertiary/aromatic N) is 1.